The maximum atomic E-state index is 15.5. The number of nitrogens with one attached hydrogen (secondary N) is 1. The van der Waals surface area contributed by atoms with Gasteiger partial charge in [0, 0.05) is 21.2 Å². The molecule has 4 heteroatoms. The van der Waals surface area contributed by atoms with E-state index < -0.39 is 18.6 Å². The Labute approximate surface area is 114 Å². The molecule has 0 saturated carbocycles. The quantitative estimate of drug-likeness (QED) is 0.325. The van der Waals surface area contributed by atoms with Crippen LogP contribution < -0.4 is 5.09 Å². The summed E-state index contributed by atoms with van der Waals surface area (Å²) in [5.74, 6) is 0. The maximum absolute atomic E-state index is 15.5. The standard InChI is InChI=1S/C14H31FN2Si/c1-11(12(2,3)4)16-17-18(15,13(5,6)7)14(8,9)10/h17H,1-10H3/b16-11+. The highest BCUT2D eigenvalue weighted by Crippen LogP contribution is 2.50. The van der Waals surface area contributed by atoms with Crippen molar-refractivity contribution in [3.63, 3.8) is 0 Å². The van der Waals surface area contributed by atoms with Crippen LogP contribution in [0.5, 0.6) is 0 Å². The summed E-state index contributed by atoms with van der Waals surface area (Å²) in [6.07, 6.45) is 0. The lowest BCUT2D eigenvalue weighted by atomic mass is 9.91. The Bertz CT molecular complexity index is 302. The Morgan fingerprint density at radius 2 is 1.22 bits per heavy atom. The van der Waals surface area contributed by atoms with Crippen molar-refractivity contribution in [1.82, 2.24) is 5.09 Å². The maximum Gasteiger partial charge on any atom is 0.372 e. The van der Waals surface area contributed by atoms with Crippen LogP contribution >= 0.6 is 0 Å². The Morgan fingerprint density at radius 1 is 0.889 bits per heavy atom. The molecule has 0 aliphatic carbocycles. The van der Waals surface area contributed by atoms with Gasteiger partial charge in [-0.15, -0.1) is 0 Å². The molecule has 0 aromatic carbocycles. The van der Waals surface area contributed by atoms with Crippen LogP contribution in [0.1, 0.15) is 69.2 Å². The minimum Gasteiger partial charge on any atom is -0.307 e. The predicted molar refractivity (Wildman–Crippen MR) is 82.0 cm³/mol. The van der Waals surface area contributed by atoms with E-state index in [1.165, 1.54) is 0 Å². The van der Waals surface area contributed by atoms with Crippen LogP contribution in [-0.2, 0) is 0 Å². The molecule has 0 fully saturated rings. The number of hydrazone groups is 1. The Kier molecular flexibility index (Phi) is 4.84. The fourth-order valence-corrected chi connectivity index (χ4v) is 5.03. The summed E-state index contributed by atoms with van der Waals surface area (Å²) >= 11 is 0. The molecule has 0 heterocycles. The minimum absolute atomic E-state index is 0.0297. The molecule has 2 nitrogen and oxygen atoms in total. The summed E-state index contributed by atoms with van der Waals surface area (Å²) in [5, 5.41) is 6.50. The van der Waals surface area contributed by atoms with Gasteiger partial charge in [0.05, 0.1) is 0 Å². The summed E-state index contributed by atoms with van der Waals surface area (Å²) in [7, 11) is -3.23. The molecular formula is C14H31FN2Si. The zero-order valence-corrected chi connectivity index (χ0v) is 14.8. The second-order valence-corrected chi connectivity index (χ2v) is 12.8. The first-order valence-corrected chi connectivity index (χ1v) is 8.51. The van der Waals surface area contributed by atoms with Crippen LogP contribution in [0.25, 0.3) is 0 Å². The van der Waals surface area contributed by atoms with Crippen LogP contribution in [-0.4, -0.2) is 14.3 Å². The Morgan fingerprint density at radius 3 is 1.44 bits per heavy atom. The van der Waals surface area contributed by atoms with E-state index in [-0.39, 0.29) is 5.41 Å². The lowest BCUT2D eigenvalue weighted by Crippen LogP contribution is -2.58. The largest absolute Gasteiger partial charge is 0.372 e. The van der Waals surface area contributed by atoms with E-state index in [9.17, 15) is 0 Å². The van der Waals surface area contributed by atoms with Crippen molar-refractivity contribution < 1.29 is 4.11 Å². The number of hydrogen-bond acceptors (Lipinski definition) is 2. The fraction of sp³-hybridized carbons (Fsp3) is 0.929. The minimum atomic E-state index is -3.23. The number of hydrogen-bond donors (Lipinski definition) is 1. The summed E-state index contributed by atoms with van der Waals surface area (Å²) in [5.41, 5.74) is 0.906. The highest BCUT2D eigenvalue weighted by molar-refractivity contribution is 6.76. The second-order valence-electron chi connectivity index (χ2n) is 8.22. The third kappa shape index (κ3) is 3.80. The van der Waals surface area contributed by atoms with E-state index in [0.29, 0.717) is 0 Å². The van der Waals surface area contributed by atoms with Crippen molar-refractivity contribution in [3.05, 3.63) is 0 Å². The Hall–Kier alpha value is -0.383. The van der Waals surface area contributed by atoms with Crippen LogP contribution in [0, 0.1) is 5.41 Å². The van der Waals surface area contributed by atoms with Gasteiger partial charge in [-0.1, -0.05) is 62.3 Å². The van der Waals surface area contributed by atoms with Gasteiger partial charge >= 0.3 is 8.57 Å². The Balaban J connectivity index is 5.34. The van der Waals surface area contributed by atoms with E-state index in [2.05, 4.69) is 31.0 Å². The van der Waals surface area contributed by atoms with Gasteiger partial charge < -0.3 is 5.09 Å². The van der Waals surface area contributed by atoms with Crippen molar-refractivity contribution in [2.24, 2.45) is 10.5 Å². The van der Waals surface area contributed by atoms with Crippen molar-refractivity contribution in [3.8, 4) is 0 Å². The van der Waals surface area contributed by atoms with Gasteiger partial charge in [-0.2, -0.15) is 5.10 Å². The van der Waals surface area contributed by atoms with Crippen molar-refractivity contribution in [2.45, 2.75) is 79.3 Å². The average Bonchev–Trinajstić information content (AvgIpc) is 2.07. The lowest BCUT2D eigenvalue weighted by molar-refractivity contribution is 0.484. The lowest BCUT2D eigenvalue weighted by Gasteiger charge is -2.43. The molecule has 1 N–H and O–H groups in total. The molecule has 108 valence electrons. The normalized spacial score (nSPS) is 15.8. The highest BCUT2D eigenvalue weighted by Gasteiger charge is 2.56. The topological polar surface area (TPSA) is 24.4 Å². The molecule has 0 saturated heterocycles. The van der Waals surface area contributed by atoms with Crippen molar-refractivity contribution in [1.29, 1.82) is 0 Å². The molecule has 0 aliphatic rings. The number of halogens is 1. The SMILES string of the molecule is C/C(=N\N[Si](F)(C(C)(C)C)C(C)(C)C)C(C)(C)C. The second kappa shape index (κ2) is 4.95. The monoisotopic (exact) mass is 274 g/mol. The molecule has 18 heavy (non-hydrogen) atoms. The molecule has 0 amide bonds. The molecule has 0 spiro atoms. The molecular weight excluding hydrogens is 243 g/mol. The van der Waals surface area contributed by atoms with Gasteiger partial charge in [-0.3, -0.25) is 4.11 Å². The van der Waals surface area contributed by atoms with E-state index in [1.807, 2.05) is 48.5 Å². The summed E-state index contributed by atoms with van der Waals surface area (Å²) in [4.78, 5) is 0. The first-order chi connectivity index (χ1) is 7.63. The summed E-state index contributed by atoms with van der Waals surface area (Å²) < 4.78 is 15.5. The zero-order chi connectivity index (χ0) is 15.0. The van der Waals surface area contributed by atoms with Gasteiger partial charge in [-0.25, -0.2) is 0 Å². The van der Waals surface area contributed by atoms with Crippen LogP contribution in [0.15, 0.2) is 5.10 Å². The molecule has 0 rings (SSSR count). The van der Waals surface area contributed by atoms with E-state index >= 15 is 4.11 Å². The molecule has 0 aromatic heterocycles. The molecule has 0 atom stereocenters. The van der Waals surface area contributed by atoms with Gasteiger partial charge in [0.25, 0.3) is 0 Å². The zero-order valence-electron chi connectivity index (χ0n) is 13.8. The van der Waals surface area contributed by atoms with E-state index in [0.717, 1.165) is 5.71 Å². The summed E-state index contributed by atoms with van der Waals surface area (Å²) in [6.45, 7) is 20.0. The third-order valence-corrected chi connectivity index (χ3v) is 8.08. The van der Waals surface area contributed by atoms with E-state index in [1.54, 1.807) is 0 Å². The molecule has 0 aliphatic heterocycles. The van der Waals surface area contributed by atoms with Gasteiger partial charge in [0.15, 0.2) is 0 Å². The van der Waals surface area contributed by atoms with Crippen LogP contribution in [0.3, 0.4) is 0 Å². The summed E-state index contributed by atoms with van der Waals surface area (Å²) in [6, 6.07) is 0. The number of rotatable bonds is 2. The highest BCUT2D eigenvalue weighted by atomic mass is 28.4. The van der Waals surface area contributed by atoms with Gasteiger partial charge in [0.2, 0.25) is 0 Å². The van der Waals surface area contributed by atoms with E-state index in [4.69, 9.17) is 0 Å². The van der Waals surface area contributed by atoms with Gasteiger partial charge in [0.1, 0.15) is 0 Å². The van der Waals surface area contributed by atoms with Crippen molar-refractivity contribution in [2.75, 3.05) is 0 Å². The predicted octanol–water partition coefficient (Wildman–Crippen LogP) is 5.01. The fourth-order valence-electron chi connectivity index (χ4n) is 1.79. The smallest absolute Gasteiger partial charge is 0.307 e. The van der Waals surface area contributed by atoms with Gasteiger partial charge in [-0.05, 0) is 6.92 Å². The first kappa shape index (κ1) is 17.6. The van der Waals surface area contributed by atoms with Crippen LogP contribution in [0.4, 0.5) is 4.11 Å². The van der Waals surface area contributed by atoms with Crippen LogP contribution in [0.2, 0.25) is 10.1 Å². The molecule has 0 radical (unpaired) electrons. The third-order valence-electron chi connectivity index (χ3n) is 3.53. The van der Waals surface area contributed by atoms with Crippen molar-refractivity contribution >= 4 is 14.3 Å². The first-order valence-electron chi connectivity index (χ1n) is 6.64. The molecule has 0 aromatic rings. The molecule has 0 bridgehead atoms. The average molecular weight is 274 g/mol. The number of nitrogens with zero attached hydrogens (tertiary/aromatic N) is 1. The molecule has 0 unspecified atom stereocenters.